The summed E-state index contributed by atoms with van der Waals surface area (Å²) in [6.07, 6.45) is 3.10. The molecule has 2 aromatic rings. The van der Waals surface area contributed by atoms with Gasteiger partial charge in [0, 0.05) is 41.0 Å². The van der Waals surface area contributed by atoms with Crippen LogP contribution >= 0.6 is 0 Å². The third-order valence-corrected chi connectivity index (χ3v) is 3.96. The fourth-order valence-corrected chi connectivity index (χ4v) is 2.60. The van der Waals surface area contributed by atoms with Gasteiger partial charge in [0.1, 0.15) is 0 Å². The maximum atomic E-state index is 11.5. The second-order valence-electron chi connectivity index (χ2n) is 5.88. The van der Waals surface area contributed by atoms with E-state index in [0.717, 1.165) is 29.0 Å². The maximum Gasteiger partial charge on any atom is 0.337 e. The van der Waals surface area contributed by atoms with E-state index in [2.05, 4.69) is 28.9 Å². The number of carbonyl (C=O) groups excluding carboxylic acids is 1. The van der Waals surface area contributed by atoms with E-state index in [1.807, 2.05) is 39.0 Å². The first-order valence-corrected chi connectivity index (χ1v) is 9.73. The van der Waals surface area contributed by atoms with E-state index in [9.17, 15) is 4.79 Å². The average Bonchev–Trinajstić information content (AvgIpc) is 2.79. The van der Waals surface area contributed by atoms with Gasteiger partial charge in [-0.1, -0.05) is 32.6 Å². The normalized spacial score (nSPS) is 10.2. The molecule has 6 heteroatoms. The number of ether oxygens (including phenoxy) is 1. The lowest BCUT2D eigenvalue weighted by Gasteiger charge is -2.12. The molecule has 0 bridgehead atoms. The van der Waals surface area contributed by atoms with Gasteiger partial charge in [-0.3, -0.25) is 4.99 Å². The zero-order valence-corrected chi connectivity index (χ0v) is 18.1. The van der Waals surface area contributed by atoms with E-state index in [-0.39, 0.29) is 5.97 Å². The molecule has 0 aromatic heterocycles. The van der Waals surface area contributed by atoms with Crippen molar-refractivity contribution in [2.24, 2.45) is 4.99 Å². The van der Waals surface area contributed by atoms with Gasteiger partial charge in [-0.2, -0.15) is 0 Å². The predicted octanol–water partition coefficient (Wildman–Crippen LogP) is 5.60. The van der Waals surface area contributed by atoms with Crippen molar-refractivity contribution in [1.29, 1.82) is 5.41 Å². The van der Waals surface area contributed by atoms with Gasteiger partial charge in [0.25, 0.3) is 0 Å². The molecule has 158 valence electrons. The smallest absolute Gasteiger partial charge is 0.337 e. The fourth-order valence-electron chi connectivity index (χ4n) is 2.60. The van der Waals surface area contributed by atoms with E-state index in [0.29, 0.717) is 17.0 Å². The van der Waals surface area contributed by atoms with Crippen LogP contribution in [0.1, 0.15) is 42.3 Å². The van der Waals surface area contributed by atoms with Gasteiger partial charge < -0.3 is 20.8 Å². The Hall–Kier alpha value is -3.67. The van der Waals surface area contributed by atoms with Crippen LogP contribution in [0, 0.1) is 5.41 Å². The van der Waals surface area contributed by atoms with E-state index in [4.69, 9.17) is 10.1 Å². The third-order valence-electron chi connectivity index (χ3n) is 3.96. The molecule has 3 N–H and O–H groups in total. The number of allylic oxidation sites excluding steroid dienone is 1. The Bertz CT molecular complexity index is 915. The molecule has 0 aliphatic rings. The highest BCUT2D eigenvalue weighted by Crippen LogP contribution is 2.24. The number of rotatable bonds is 9. The maximum absolute atomic E-state index is 11.5. The lowest BCUT2D eigenvalue weighted by molar-refractivity contribution is 0.0601. The Morgan fingerprint density at radius 2 is 1.80 bits per heavy atom. The number of hydrogen-bond donors (Lipinski definition) is 3. The van der Waals surface area contributed by atoms with Gasteiger partial charge in [0.05, 0.1) is 18.4 Å². The molecular formula is C24H30N4O2. The van der Waals surface area contributed by atoms with Crippen molar-refractivity contribution in [1.82, 2.24) is 0 Å². The van der Waals surface area contributed by atoms with Crippen molar-refractivity contribution in [3.05, 3.63) is 77.5 Å². The minimum Gasteiger partial charge on any atom is -0.465 e. The lowest BCUT2D eigenvalue weighted by atomic mass is 10.1. The van der Waals surface area contributed by atoms with Gasteiger partial charge in [0.15, 0.2) is 0 Å². The number of benzene rings is 2. The predicted molar refractivity (Wildman–Crippen MR) is 128 cm³/mol. The second-order valence-corrected chi connectivity index (χ2v) is 5.88. The molecule has 0 aliphatic carbocycles. The van der Waals surface area contributed by atoms with Gasteiger partial charge >= 0.3 is 5.97 Å². The Morgan fingerprint density at radius 1 is 1.17 bits per heavy atom. The Kier molecular flexibility index (Phi) is 10.3. The van der Waals surface area contributed by atoms with E-state index < -0.39 is 0 Å². The molecule has 0 radical (unpaired) electrons. The molecule has 6 nitrogen and oxygen atoms in total. The molecule has 0 atom stereocenters. The Morgan fingerprint density at radius 3 is 2.33 bits per heavy atom. The lowest BCUT2D eigenvalue weighted by Crippen LogP contribution is -2.02. The number of nitrogens with one attached hydrogen (secondary N) is 3. The molecule has 0 aliphatic heterocycles. The summed E-state index contributed by atoms with van der Waals surface area (Å²) in [6.45, 7) is 14.4. The number of esters is 1. The number of aliphatic imine (C=N–C) groups is 1. The van der Waals surface area contributed by atoms with E-state index in [1.165, 1.54) is 13.3 Å². The van der Waals surface area contributed by atoms with Crippen LogP contribution in [0.2, 0.25) is 0 Å². The zero-order chi connectivity index (χ0) is 22.5. The summed E-state index contributed by atoms with van der Waals surface area (Å²) in [6, 6.07) is 12.6. The highest BCUT2D eigenvalue weighted by molar-refractivity contribution is 5.90. The van der Waals surface area contributed by atoms with Gasteiger partial charge in [-0.25, -0.2) is 4.79 Å². The van der Waals surface area contributed by atoms with Gasteiger partial charge in [0.2, 0.25) is 0 Å². The van der Waals surface area contributed by atoms with Crippen molar-refractivity contribution < 1.29 is 9.53 Å². The van der Waals surface area contributed by atoms with Crippen LogP contribution in [0.3, 0.4) is 0 Å². The first kappa shape index (κ1) is 24.4. The highest BCUT2D eigenvalue weighted by atomic mass is 16.5. The van der Waals surface area contributed by atoms with Crippen molar-refractivity contribution in [3.63, 3.8) is 0 Å². The first-order chi connectivity index (χ1) is 14.5. The summed E-state index contributed by atoms with van der Waals surface area (Å²) >= 11 is 0. The third kappa shape index (κ3) is 6.74. The number of methoxy groups -OCH3 is 1. The number of carbonyl (C=O) groups is 1. The number of anilines is 2. The summed E-state index contributed by atoms with van der Waals surface area (Å²) in [7, 11) is 1.35. The van der Waals surface area contributed by atoms with Crippen LogP contribution in [-0.2, 0) is 4.74 Å². The second kappa shape index (κ2) is 12.7. The molecule has 2 aromatic carbocycles. The van der Waals surface area contributed by atoms with Crippen molar-refractivity contribution in [2.45, 2.75) is 20.8 Å². The Balaban J connectivity index is 0.00000218. The summed E-state index contributed by atoms with van der Waals surface area (Å²) in [4.78, 5) is 15.6. The quantitative estimate of drug-likeness (QED) is 0.287. The molecule has 0 saturated heterocycles. The highest BCUT2D eigenvalue weighted by Gasteiger charge is 2.07. The largest absolute Gasteiger partial charge is 0.465 e. The molecule has 0 unspecified atom stereocenters. The van der Waals surface area contributed by atoms with Crippen LogP contribution in [0.5, 0.6) is 0 Å². The molecular weight excluding hydrogens is 376 g/mol. The standard InChI is InChI=1S/C22H24N4O2.C2H6/c1-5-25-21-13-17(6-7-18(21)14-23)20(24-3)12-15(2)26-19-10-8-16(9-11-19)22(27)28-4;1-2/h6-14,23,25-26H,2-3,5H2,1,4H3;1-2H3/b20-12-,23-14?;. The average molecular weight is 407 g/mol. The minimum absolute atomic E-state index is 0.381. The monoisotopic (exact) mass is 406 g/mol. The fraction of sp³-hybridized carbons (Fsp3) is 0.208. The van der Waals surface area contributed by atoms with Crippen molar-refractivity contribution in [3.8, 4) is 0 Å². The van der Waals surface area contributed by atoms with Crippen molar-refractivity contribution >= 4 is 36.0 Å². The van der Waals surface area contributed by atoms with Crippen molar-refractivity contribution in [2.75, 3.05) is 24.3 Å². The molecule has 0 amide bonds. The zero-order valence-electron chi connectivity index (χ0n) is 18.1. The van der Waals surface area contributed by atoms with E-state index in [1.54, 1.807) is 30.3 Å². The molecule has 30 heavy (non-hydrogen) atoms. The minimum atomic E-state index is -0.381. The Labute approximate surface area is 178 Å². The van der Waals surface area contributed by atoms with Gasteiger partial charge in [-0.15, -0.1) is 0 Å². The molecule has 0 spiro atoms. The first-order valence-electron chi connectivity index (χ1n) is 9.73. The van der Waals surface area contributed by atoms with Crippen LogP contribution < -0.4 is 10.6 Å². The summed E-state index contributed by atoms with van der Waals surface area (Å²) < 4.78 is 4.69. The summed E-state index contributed by atoms with van der Waals surface area (Å²) in [5.41, 5.74) is 5.06. The number of hydrogen-bond acceptors (Lipinski definition) is 6. The van der Waals surface area contributed by atoms with Crippen LogP contribution in [0.15, 0.2) is 65.8 Å². The van der Waals surface area contributed by atoms with E-state index >= 15 is 0 Å². The van der Waals surface area contributed by atoms with Crippen LogP contribution in [0.25, 0.3) is 5.70 Å². The SMILES string of the molecule is C=N/C(=C\C(=C)Nc1ccc(C(=O)OC)cc1)c1ccc(C=N)c(NCC)c1.CC. The molecule has 2 rings (SSSR count). The molecule has 0 saturated carbocycles. The summed E-state index contributed by atoms with van der Waals surface area (Å²) in [5, 5.41) is 13.9. The molecule has 0 heterocycles. The van der Waals surface area contributed by atoms with Crippen LogP contribution in [-0.4, -0.2) is 32.6 Å². The summed E-state index contributed by atoms with van der Waals surface area (Å²) in [5.74, 6) is -0.381. The number of nitrogens with zero attached hydrogens (tertiary/aromatic N) is 1. The van der Waals surface area contributed by atoms with Gasteiger partial charge in [-0.05, 0) is 50.0 Å². The molecule has 0 fully saturated rings. The van der Waals surface area contributed by atoms with Crippen LogP contribution in [0.4, 0.5) is 11.4 Å². The topological polar surface area (TPSA) is 86.6 Å².